The Balaban J connectivity index is 1.56. The van der Waals surface area contributed by atoms with Gasteiger partial charge in [-0.3, -0.25) is 0 Å². The molecule has 108 valence electrons. The maximum atomic E-state index is 5.82. The number of fused-ring (bicyclic) bond motifs is 4. The van der Waals surface area contributed by atoms with Gasteiger partial charge in [-0.1, -0.05) is 22.0 Å². The van der Waals surface area contributed by atoms with Gasteiger partial charge >= 0.3 is 0 Å². The minimum absolute atomic E-state index is 0.499. The second-order valence-electron chi connectivity index (χ2n) is 6.66. The zero-order valence-electron chi connectivity index (χ0n) is 12.0. The van der Waals surface area contributed by atoms with E-state index in [4.69, 9.17) is 4.74 Å². The number of hydrogen-bond acceptors (Lipinski definition) is 2. The minimum atomic E-state index is 0.499. The van der Waals surface area contributed by atoms with Gasteiger partial charge in [0.2, 0.25) is 0 Å². The second-order valence-corrected chi connectivity index (χ2v) is 7.57. The first kappa shape index (κ1) is 13.3. The van der Waals surface area contributed by atoms with E-state index in [0.29, 0.717) is 23.6 Å². The number of hydrogen-bond donors (Lipinski definition) is 1. The fraction of sp³-hybridized carbons (Fsp3) is 0.647. The molecule has 1 aliphatic heterocycles. The molecule has 2 unspecified atom stereocenters. The molecule has 4 rings (SSSR count). The van der Waals surface area contributed by atoms with Gasteiger partial charge < -0.3 is 10.1 Å². The zero-order chi connectivity index (χ0) is 13.7. The van der Waals surface area contributed by atoms with Crippen molar-refractivity contribution in [2.75, 3.05) is 6.61 Å². The van der Waals surface area contributed by atoms with Crippen molar-refractivity contribution in [1.82, 2.24) is 5.32 Å². The van der Waals surface area contributed by atoms with Gasteiger partial charge in [0.25, 0.3) is 0 Å². The van der Waals surface area contributed by atoms with E-state index in [1.54, 1.807) is 5.56 Å². The average molecular weight is 336 g/mol. The molecule has 0 radical (unpaired) electrons. The largest absolute Gasteiger partial charge is 0.379 e. The first-order valence-electron chi connectivity index (χ1n) is 7.88. The Bertz CT molecular complexity index is 522. The molecular weight excluding hydrogens is 314 g/mol. The van der Waals surface area contributed by atoms with E-state index in [0.717, 1.165) is 6.61 Å². The van der Waals surface area contributed by atoms with Gasteiger partial charge in [0, 0.05) is 23.2 Å². The molecular formula is C17H22BrNO. The van der Waals surface area contributed by atoms with E-state index in [1.807, 2.05) is 0 Å². The van der Waals surface area contributed by atoms with Crippen LogP contribution in [-0.2, 0) is 11.2 Å². The molecule has 1 N–H and O–H groups in total. The summed E-state index contributed by atoms with van der Waals surface area (Å²) in [5, 5.41) is 3.76. The molecule has 2 atom stereocenters. The van der Waals surface area contributed by atoms with Crippen molar-refractivity contribution in [3.8, 4) is 0 Å². The van der Waals surface area contributed by atoms with Gasteiger partial charge in [0.1, 0.15) is 0 Å². The van der Waals surface area contributed by atoms with Crippen LogP contribution in [0, 0.1) is 5.41 Å². The number of nitrogens with one attached hydrogen (secondary N) is 1. The average Bonchev–Trinajstić information content (AvgIpc) is 3.25. The van der Waals surface area contributed by atoms with Crippen LogP contribution in [0.1, 0.15) is 49.8 Å². The van der Waals surface area contributed by atoms with Crippen LogP contribution in [0.15, 0.2) is 22.7 Å². The van der Waals surface area contributed by atoms with E-state index in [9.17, 15) is 0 Å². The summed E-state index contributed by atoms with van der Waals surface area (Å²) < 4.78 is 7.03. The van der Waals surface area contributed by atoms with Crippen LogP contribution in [-0.4, -0.2) is 18.8 Å². The maximum Gasteiger partial charge on any atom is 0.0575 e. The number of benzene rings is 1. The topological polar surface area (TPSA) is 31.2 Å². The highest BCUT2D eigenvalue weighted by Crippen LogP contribution is 2.56. The van der Waals surface area contributed by atoms with Crippen LogP contribution in [0.3, 0.4) is 0 Å². The van der Waals surface area contributed by atoms with Gasteiger partial charge in [-0.05, 0) is 67.7 Å². The van der Waals surface area contributed by atoms with Crippen LogP contribution in [0.25, 0.3) is 0 Å². The quantitative estimate of drug-likeness (QED) is 0.828. The Hall–Kier alpha value is -0.380. The Labute approximate surface area is 129 Å². The summed E-state index contributed by atoms with van der Waals surface area (Å²) in [7, 11) is 0. The first-order chi connectivity index (χ1) is 9.72. The Morgan fingerprint density at radius 3 is 2.90 bits per heavy atom. The molecule has 1 spiro atoms. The van der Waals surface area contributed by atoms with Crippen molar-refractivity contribution in [2.45, 2.75) is 57.2 Å². The normalized spacial score (nSPS) is 38.4. The lowest BCUT2D eigenvalue weighted by Gasteiger charge is -2.42. The molecule has 1 aromatic carbocycles. The summed E-state index contributed by atoms with van der Waals surface area (Å²) in [6.07, 6.45) is 6.88. The fourth-order valence-corrected chi connectivity index (χ4v) is 4.88. The van der Waals surface area contributed by atoms with Crippen LogP contribution >= 0.6 is 15.9 Å². The van der Waals surface area contributed by atoms with Crippen LogP contribution < -0.4 is 5.32 Å². The van der Waals surface area contributed by atoms with E-state index in [2.05, 4.69) is 46.4 Å². The predicted molar refractivity (Wildman–Crippen MR) is 83.8 cm³/mol. The van der Waals surface area contributed by atoms with Gasteiger partial charge in [-0.2, -0.15) is 0 Å². The molecule has 3 aliphatic rings. The molecule has 1 saturated heterocycles. The van der Waals surface area contributed by atoms with Gasteiger partial charge in [0.05, 0.1) is 6.10 Å². The third-order valence-corrected chi connectivity index (χ3v) is 6.05. The van der Waals surface area contributed by atoms with Gasteiger partial charge in [-0.25, -0.2) is 0 Å². The Morgan fingerprint density at radius 2 is 2.15 bits per heavy atom. The Kier molecular flexibility index (Phi) is 3.21. The number of rotatable bonds is 2. The van der Waals surface area contributed by atoms with Crippen LogP contribution in [0.2, 0.25) is 0 Å². The number of halogens is 1. The second kappa shape index (κ2) is 4.82. The highest BCUT2D eigenvalue weighted by molar-refractivity contribution is 9.10. The first-order valence-corrected chi connectivity index (χ1v) is 8.67. The van der Waals surface area contributed by atoms with Crippen molar-refractivity contribution in [3.63, 3.8) is 0 Å². The van der Waals surface area contributed by atoms with E-state index >= 15 is 0 Å². The predicted octanol–water partition coefficient (Wildman–Crippen LogP) is 3.98. The Morgan fingerprint density at radius 1 is 1.35 bits per heavy atom. The summed E-state index contributed by atoms with van der Waals surface area (Å²) >= 11 is 3.60. The fourth-order valence-electron chi connectivity index (χ4n) is 4.50. The third-order valence-electron chi connectivity index (χ3n) is 5.56. The summed E-state index contributed by atoms with van der Waals surface area (Å²) in [5.74, 6) is 0. The molecule has 1 saturated carbocycles. The lowest BCUT2D eigenvalue weighted by atomic mass is 9.63. The highest BCUT2D eigenvalue weighted by Gasteiger charge is 2.57. The third kappa shape index (κ3) is 2.06. The van der Waals surface area contributed by atoms with Gasteiger partial charge in [-0.15, -0.1) is 0 Å². The van der Waals surface area contributed by atoms with Crippen molar-refractivity contribution < 1.29 is 4.74 Å². The highest BCUT2D eigenvalue weighted by atomic mass is 79.9. The van der Waals surface area contributed by atoms with Crippen molar-refractivity contribution in [2.24, 2.45) is 5.41 Å². The standard InChI is InChI=1S/C17H22BrNO/c1-2-20-13-5-7-17(8-6-13)10-11-3-4-12(18)9-14(11)15-16(17)19-15/h3-4,9,13,15-16,19H,2,5-8,10H2,1H3. The lowest BCUT2D eigenvalue weighted by molar-refractivity contribution is 0.000261. The molecule has 2 aliphatic carbocycles. The molecule has 0 amide bonds. The van der Waals surface area contributed by atoms with E-state index < -0.39 is 0 Å². The van der Waals surface area contributed by atoms with Crippen LogP contribution in [0.5, 0.6) is 0 Å². The summed E-state index contributed by atoms with van der Waals surface area (Å²) in [6.45, 7) is 2.97. The van der Waals surface area contributed by atoms with Gasteiger partial charge in [0.15, 0.2) is 0 Å². The molecule has 1 aromatic rings. The summed E-state index contributed by atoms with van der Waals surface area (Å²) in [6, 6.07) is 8.16. The van der Waals surface area contributed by atoms with E-state index in [1.165, 1.54) is 42.1 Å². The van der Waals surface area contributed by atoms with Crippen LogP contribution in [0.4, 0.5) is 0 Å². The minimum Gasteiger partial charge on any atom is -0.379 e. The van der Waals surface area contributed by atoms with Crippen molar-refractivity contribution >= 4 is 15.9 Å². The molecule has 2 fully saturated rings. The molecule has 3 heteroatoms. The lowest BCUT2D eigenvalue weighted by Crippen LogP contribution is -2.40. The maximum absolute atomic E-state index is 5.82. The zero-order valence-corrected chi connectivity index (χ0v) is 13.6. The molecule has 2 nitrogen and oxygen atoms in total. The summed E-state index contributed by atoms with van der Waals surface area (Å²) in [5.41, 5.74) is 3.59. The SMILES string of the molecule is CCOC1CCC2(CC1)Cc1ccc(Br)cc1C1NC12. The van der Waals surface area contributed by atoms with Crippen molar-refractivity contribution in [3.05, 3.63) is 33.8 Å². The smallest absolute Gasteiger partial charge is 0.0575 e. The summed E-state index contributed by atoms with van der Waals surface area (Å²) in [4.78, 5) is 0. The monoisotopic (exact) mass is 335 g/mol. The van der Waals surface area contributed by atoms with E-state index in [-0.39, 0.29) is 0 Å². The molecule has 0 aromatic heterocycles. The molecule has 0 bridgehead atoms. The number of ether oxygens (including phenoxy) is 1. The molecule has 20 heavy (non-hydrogen) atoms. The molecule has 1 heterocycles. The van der Waals surface area contributed by atoms with Crippen molar-refractivity contribution in [1.29, 1.82) is 0 Å².